The molecular formula is C50H33NO. The Kier molecular flexibility index (Phi) is 6.04. The molecule has 0 saturated heterocycles. The van der Waals surface area contributed by atoms with Crippen molar-refractivity contribution in [3.05, 3.63) is 175 Å². The predicted octanol–water partition coefficient (Wildman–Crippen LogP) is 13.7. The average Bonchev–Trinajstić information content (AvgIpc) is 3.66. The fourth-order valence-corrected chi connectivity index (χ4v) is 8.94. The van der Waals surface area contributed by atoms with E-state index in [9.17, 15) is 0 Å². The maximum absolute atomic E-state index is 6.28. The van der Waals surface area contributed by atoms with Gasteiger partial charge in [0.05, 0.1) is 5.69 Å². The van der Waals surface area contributed by atoms with E-state index in [0.29, 0.717) is 0 Å². The van der Waals surface area contributed by atoms with Crippen LogP contribution in [0.3, 0.4) is 0 Å². The number of nitrogens with zero attached hydrogens (tertiary/aromatic N) is 1. The molecule has 0 fully saturated rings. The third-order valence-corrected chi connectivity index (χ3v) is 11.5. The maximum Gasteiger partial charge on any atom is 0.136 e. The van der Waals surface area contributed by atoms with Crippen molar-refractivity contribution in [3.63, 3.8) is 0 Å². The summed E-state index contributed by atoms with van der Waals surface area (Å²) in [6, 6.07) is 57.3. The van der Waals surface area contributed by atoms with Gasteiger partial charge in [0.15, 0.2) is 0 Å². The molecule has 0 saturated carbocycles. The molecule has 0 N–H and O–H groups in total. The molecule has 2 heteroatoms. The smallest absolute Gasteiger partial charge is 0.136 e. The summed E-state index contributed by atoms with van der Waals surface area (Å²) in [5.41, 5.74) is 14.1. The largest absolute Gasteiger partial charge is 0.456 e. The van der Waals surface area contributed by atoms with Gasteiger partial charge in [-0.25, -0.2) is 0 Å². The minimum atomic E-state index is -0.0650. The van der Waals surface area contributed by atoms with Crippen molar-refractivity contribution in [1.82, 2.24) is 4.98 Å². The molecule has 2 aromatic heterocycles. The van der Waals surface area contributed by atoms with Crippen LogP contribution >= 0.6 is 0 Å². The first kappa shape index (κ1) is 29.2. The van der Waals surface area contributed by atoms with Gasteiger partial charge in [0.1, 0.15) is 11.2 Å². The molecule has 2 nitrogen and oxygen atoms in total. The topological polar surface area (TPSA) is 26.0 Å². The van der Waals surface area contributed by atoms with Crippen molar-refractivity contribution in [2.24, 2.45) is 0 Å². The van der Waals surface area contributed by atoms with E-state index < -0.39 is 0 Å². The summed E-state index contributed by atoms with van der Waals surface area (Å²) in [6.07, 6.45) is 2.05. The Bertz CT molecular complexity index is 3030. The first-order valence-corrected chi connectivity index (χ1v) is 18.0. The van der Waals surface area contributed by atoms with E-state index in [1.54, 1.807) is 0 Å². The Balaban J connectivity index is 1.05. The number of fused-ring (bicyclic) bond motifs is 9. The molecule has 0 atom stereocenters. The standard InChI is InChI=1S/C50H33NO/c1-50(2)43-18-10-9-13-35(43)36-22-19-33(27-44(36)50)48-37-14-5-7-16-39(37)49(40-17-8-6-15-38(40)48)34-20-23-45(51-29-34)32-21-24-46-41(26-32)42-25-30-11-3-4-12-31(30)28-47(42)52-46/h3-29H,1-2H3. The highest BCUT2D eigenvalue weighted by Crippen LogP contribution is 2.51. The van der Waals surface area contributed by atoms with Crippen LogP contribution < -0.4 is 0 Å². The molecule has 0 bridgehead atoms. The molecule has 8 aromatic carbocycles. The first-order valence-electron chi connectivity index (χ1n) is 18.0. The van der Waals surface area contributed by atoms with Crippen LogP contribution in [0.2, 0.25) is 0 Å². The van der Waals surface area contributed by atoms with Crippen LogP contribution in [0.15, 0.2) is 168 Å². The van der Waals surface area contributed by atoms with Gasteiger partial charge in [0, 0.05) is 33.5 Å². The van der Waals surface area contributed by atoms with Crippen LogP contribution in [0.25, 0.3) is 98.9 Å². The quantitative estimate of drug-likeness (QED) is 0.176. The van der Waals surface area contributed by atoms with Gasteiger partial charge < -0.3 is 4.42 Å². The van der Waals surface area contributed by atoms with Crippen molar-refractivity contribution < 1.29 is 4.42 Å². The molecule has 10 aromatic rings. The summed E-state index contributed by atoms with van der Waals surface area (Å²) in [6.45, 7) is 4.71. The lowest BCUT2D eigenvalue weighted by Gasteiger charge is -2.23. The molecule has 11 rings (SSSR count). The van der Waals surface area contributed by atoms with Crippen molar-refractivity contribution in [2.45, 2.75) is 19.3 Å². The van der Waals surface area contributed by atoms with Gasteiger partial charge in [-0.15, -0.1) is 0 Å². The average molecular weight is 664 g/mol. The van der Waals surface area contributed by atoms with Crippen LogP contribution in [-0.4, -0.2) is 4.98 Å². The van der Waals surface area contributed by atoms with Gasteiger partial charge in [-0.3, -0.25) is 4.98 Å². The van der Waals surface area contributed by atoms with E-state index in [2.05, 4.69) is 172 Å². The normalized spacial score (nSPS) is 13.3. The molecule has 1 aliphatic rings. The molecule has 244 valence electrons. The van der Waals surface area contributed by atoms with Gasteiger partial charge >= 0.3 is 0 Å². The van der Waals surface area contributed by atoms with Crippen LogP contribution in [-0.2, 0) is 5.41 Å². The summed E-state index contributed by atoms with van der Waals surface area (Å²) >= 11 is 0. The number of hydrogen-bond donors (Lipinski definition) is 0. The van der Waals surface area contributed by atoms with Gasteiger partial charge in [-0.05, 0) is 114 Å². The molecular weight excluding hydrogens is 631 g/mol. The third-order valence-electron chi connectivity index (χ3n) is 11.5. The summed E-state index contributed by atoms with van der Waals surface area (Å²) in [7, 11) is 0. The van der Waals surface area contributed by atoms with Crippen LogP contribution in [0.5, 0.6) is 0 Å². The molecule has 0 spiro atoms. The van der Waals surface area contributed by atoms with Crippen molar-refractivity contribution in [2.75, 3.05) is 0 Å². The highest BCUT2D eigenvalue weighted by atomic mass is 16.3. The number of pyridine rings is 1. The van der Waals surface area contributed by atoms with E-state index in [1.807, 2.05) is 6.20 Å². The summed E-state index contributed by atoms with van der Waals surface area (Å²) in [5, 5.41) is 9.58. The Morgan fingerprint density at radius 1 is 0.423 bits per heavy atom. The Morgan fingerprint density at radius 2 is 1.00 bits per heavy atom. The number of rotatable bonds is 3. The summed E-state index contributed by atoms with van der Waals surface area (Å²) < 4.78 is 6.28. The van der Waals surface area contributed by atoms with Crippen molar-refractivity contribution >= 4 is 54.3 Å². The minimum Gasteiger partial charge on any atom is -0.456 e. The van der Waals surface area contributed by atoms with E-state index in [0.717, 1.165) is 38.8 Å². The monoisotopic (exact) mass is 663 g/mol. The Hall–Kier alpha value is -6.51. The Labute approximate surface area is 301 Å². The van der Waals surface area contributed by atoms with Crippen LogP contribution in [0.4, 0.5) is 0 Å². The number of aromatic nitrogens is 1. The molecule has 0 aliphatic heterocycles. The summed E-state index contributed by atoms with van der Waals surface area (Å²) in [4.78, 5) is 5.09. The lowest BCUT2D eigenvalue weighted by atomic mass is 9.80. The van der Waals surface area contributed by atoms with Gasteiger partial charge in [0.2, 0.25) is 0 Å². The lowest BCUT2D eigenvalue weighted by molar-refractivity contribution is 0.660. The zero-order chi connectivity index (χ0) is 34.6. The van der Waals surface area contributed by atoms with Crippen molar-refractivity contribution in [1.29, 1.82) is 0 Å². The zero-order valence-electron chi connectivity index (χ0n) is 28.9. The van der Waals surface area contributed by atoms with Crippen molar-refractivity contribution in [3.8, 4) is 44.6 Å². The molecule has 52 heavy (non-hydrogen) atoms. The second-order valence-corrected chi connectivity index (χ2v) is 14.7. The lowest BCUT2D eigenvalue weighted by Crippen LogP contribution is -2.14. The maximum atomic E-state index is 6.28. The van der Waals surface area contributed by atoms with Crippen LogP contribution in [0, 0.1) is 0 Å². The highest BCUT2D eigenvalue weighted by Gasteiger charge is 2.35. The highest BCUT2D eigenvalue weighted by molar-refractivity contribution is 6.21. The summed E-state index contributed by atoms with van der Waals surface area (Å²) in [5.74, 6) is 0. The van der Waals surface area contributed by atoms with Crippen LogP contribution in [0.1, 0.15) is 25.0 Å². The minimum absolute atomic E-state index is 0.0650. The molecule has 0 radical (unpaired) electrons. The van der Waals surface area contributed by atoms with E-state index in [-0.39, 0.29) is 5.41 Å². The van der Waals surface area contributed by atoms with E-state index >= 15 is 0 Å². The fraction of sp³-hybridized carbons (Fsp3) is 0.0600. The van der Waals surface area contributed by atoms with E-state index in [1.165, 1.54) is 71.3 Å². The first-order chi connectivity index (χ1) is 25.5. The SMILES string of the molecule is CC1(C)c2ccccc2-c2ccc(-c3c4ccccc4c(-c4ccc(-c5ccc6oc7cc8ccccc8cc7c6c5)nc4)c4ccccc34)cc21. The van der Waals surface area contributed by atoms with Gasteiger partial charge in [-0.2, -0.15) is 0 Å². The van der Waals surface area contributed by atoms with Gasteiger partial charge in [0.25, 0.3) is 0 Å². The third kappa shape index (κ3) is 4.15. The molecule has 0 unspecified atom stereocenters. The van der Waals surface area contributed by atoms with E-state index in [4.69, 9.17) is 9.40 Å². The number of hydrogen-bond acceptors (Lipinski definition) is 2. The number of benzene rings is 8. The zero-order valence-corrected chi connectivity index (χ0v) is 28.9. The Morgan fingerprint density at radius 3 is 1.71 bits per heavy atom. The second kappa shape index (κ2) is 10.7. The number of furan rings is 1. The van der Waals surface area contributed by atoms with Gasteiger partial charge in [-0.1, -0.05) is 129 Å². The molecule has 0 amide bonds. The second-order valence-electron chi connectivity index (χ2n) is 14.7. The molecule has 2 heterocycles. The fourth-order valence-electron chi connectivity index (χ4n) is 8.94. The predicted molar refractivity (Wildman–Crippen MR) is 218 cm³/mol. The molecule has 1 aliphatic carbocycles.